The summed E-state index contributed by atoms with van der Waals surface area (Å²) in [7, 11) is 0. The van der Waals surface area contributed by atoms with Crippen LogP contribution in [0.25, 0.3) is 11.0 Å². The Kier molecular flexibility index (Phi) is 4.44. The molecule has 1 unspecified atom stereocenters. The predicted octanol–water partition coefficient (Wildman–Crippen LogP) is 4.01. The van der Waals surface area contributed by atoms with Crippen LogP contribution in [0.3, 0.4) is 0 Å². The van der Waals surface area contributed by atoms with Gasteiger partial charge in [0.1, 0.15) is 15.8 Å². The summed E-state index contributed by atoms with van der Waals surface area (Å²) in [6, 6.07) is 4.83. The van der Waals surface area contributed by atoms with Gasteiger partial charge in [0.2, 0.25) is 0 Å². The number of aromatic nitrogens is 4. The van der Waals surface area contributed by atoms with Gasteiger partial charge in [0.15, 0.2) is 5.65 Å². The Morgan fingerprint density at radius 3 is 2.52 bits per heavy atom. The lowest BCUT2D eigenvalue weighted by molar-refractivity contribution is -0.137. The lowest BCUT2D eigenvalue weighted by Gasteiger charge is -2.14. The van der Waals surface area contributed by atoms with Gasteiger partial charge >= 0.3 is 6.18 Å². The van der Waals surface area contributed by atoms with Gasteiger partial charge in [0.05, 0.1) is 11.6 Å². The van der Waals surface area contributed by atoms with E-state index in [0.717, 1.165) is 17.7 Å². The highest BCUT2D eigenvalue weighted by Crippen LogP contribution is 2.30. The molecule has 0 radical (unpaired) electrons. The topological polar surface area (TPSA) is 63.6 Å². The molecule has 0 aliphatic rings. The predicted molar refractivity (Wildman–Crippen MR) is 90.4 cm³/mol. The Morgan fingerprint density at radius 2 is 1.92 bits per heavy atom. The summed E-state index contributed by atoms with van der Waals surface area (Å²) in [4.78, 5) is 19.0. The second kappa shape index (κ2) is 6.29. The number of aromatic amines is 1. The number of hydrogen-bond donors (Lipinski definition) is 1. The highest BCUT2D eigenvalue weighted by atomic mass is 79.9. The van der Waals surface area contributed by atoms with E-state index in [1.807, 2.05) is 6.92 Å². The van der Waals surface area contributed by atoms with E-state index in [0.29, 0.717) is 27.9 Å². The zero-order chi connectivity index (χ0) is 18.4. The van der Waals surface area contributed by atoms with Crippen LogP contribution in [0, 0.1) is 6.92 Å². The molecule has 0 saturated heterocycles. The van der Waals surface area contributed by atoms with Crippen LogP contribution in [0.1, 0.15) is 29.9 Å². The van der Waals surface area contributed by atoms with Gasteiger partial charge in [-0.1, -0.05) is 12.1 Å². The van der Waals surface area contributed by atoms with E-state index in [2.05, 4.69) is 31.0 Å². The first-order valence-electron chi connectivity index (χ1n) is 7.47. The van der Waals surface area contributed by atoms with Crippen molar-refractivity contribution in [1.82, 2.24) is 19.7 Å². The second-order valence-corrected chi connectivity index (χ2v) is 6.58. The zero-order valence-corrected chi connectivity index (χ0v) is 14.9. The number of nitrogens with zero attached hydrogens (tertiary/aromatic N) is 3. The fourth-order valence-corrected chi connectivity index (χ4v) is 3.21. The Balaban J connectivity index is 1.93. The molecule has 2 aromatic heterocycles. The maximum absolute atomic E-state index is 12.6. The first-order chi connectivity index (χ1) is 11.7. The highest BCUT2D eigenvalue weighted by molar-refractivity contribution is 9.10. The molecule has 132 valence electrons. The molecule has 9 heteroatoms. The van der Waals surface area contributed by atoms with Crippen LogP contribution in [0.5, 0.6) is 0 Å². The summed E-state index contributed by atoms with van der Waals surface area (Å²) in [5, 5.41) is 4.67. The summed E-state index contributed by atoms with van der Waals surface area (Å²) >= 11 is 3.26. The van der Waals surface area contributed by atoms with E-state index in [1.54, 1.807) is 11.6 Å². The van der Waals surface area contributed by atoms with Crippen molar-refractivity contribution >= 4 is 27.0 Å². The Morgan fingerprint density at radius 1 is 1.28 bits per heavy atom. The first kappa shape index (κ1) is 17.7. The zero-order valence-electron chi connectivity index (χ0n) is 13.4. The van der Waals surface area contributed by atoms with Gasteiger partial charge in [-0.05, 0) is 53.9 Å². The number of benzene rings is 1. The highest BCUT2D eigenvalue weighted by Gasteiger charge is 2.30. The molecule has 0 aliphatic heterocycles. The van der Waals surface area contributed by atoms with Crippen molar-refractivity contribution in [3.05, 3.63) is 56.2 Å². The third kappa shape index (κ3) is 3.46. The number of halogens is 4. The Bertz CT molecular complexity index is 976. The number of hydrogen-bond acceptors (Lipinski definition) is 3. The van der Waals surface area contributed by atoms with Gasteiger partial charge in [0.25, 0.3) is 5.56 Å². The minimum absolute atomic E-state index is 0.195. The first-order valence-corrected chi connectivity index (χ1v) is 8.27. The van der Waals surface area contributed by atoms with Crippen molar-refractivity contribution in [1.29, 1.82) is 0 Å². The van der Waals surface area contributed by atoms with Gasteiger partial charge < -0.3 is 4.98 Å². The summed E-state index contributed by atoms with van der Waals surface area (Å²) < 4.78 is 39.9. The van der Waals surface area contributed by atoms with Crippen LogP contribution < -0.4 is 5.56 Å². The van der Waals surface area contributed by atoms with Gasteiger partial charge in [-0.3, -0.25) is 4.79 Å². The van der Waals surface area contributed by atoms with E-state index < -0.39 is 11.7 Å². The third-order valence-corrected chi connectivity index (χ3v) is 4.42. The smallest absolute Gasteiger partial charge is 0.310 e. The monoisotopic (exact) mass is 414 g/mol. The maximum Gasteiger partial charge on any atom is 0.416 e. The molecule has 1 atom stereocenters. The molecule has 0 amide bonds. The summed E-state index contributed by atoms with van der Waals surface area (Å²) in [5.41, 5.74) is 0.205. The van der Waals surface area contributed by atoms with Crippen LogP contribution in [0.4, 0.5) is 13.2 Å². The fraction of sp³-hybridized carbons (Fsp3) is 0.312. The minimum atomic E-state index is -4.35. The minimum Gasteiger partial charge on any atom is -0.310 e. The van der Waals surface area contributed by atoms with E-state index in [-0.39, 0.29) is 11.6 Å². The van der Waals surface area contributed by atoms with E-state index in [9.17, 15) is 18.0 Å². The van der Waals surface area contributed by atoms with E-state index in [4.69, 9.17) is 0 Å². The maximum atomic E-state index is 12.6. The Hall–Kier alpha value is -2.16. The molecular weight excluding hydrogens is 401 g/mol. The largest absolute Gasteiger partial charge is 0.416 e. The van der Waals surface area contributed by atoms with Crippen molar-refractivity contribution in [2.45, 2.75) is 32.5 Å². The Labute approximate surface area is 149 Å². The number of nitrogens with one attached hydrogen (secondary N) is 1. The molecule has 0 saturated carbocycles. The standard InChI is InChI=1S/C16H14BrF3N4O/c1-8(7-10-3-5-11(6-4-10)16(18,19)20)24-14-12(13(17)23-24)15(25)22-9(2)21-14/h3-6,8H,7H2,1-2H3,(H,21,22,25). The number of fused-ring (bicyclic) bond motifs is 1. The van der Waals surface area contributed by atoms with Gasteiger partial charge in [-0.2, -0.15) is 18.3 Å². The van der Waals surface area contributed by atoms with Crippen LogP contribution in [-0.2, 0) is 12.6 Å². The molecule has 2 heterocycles. The van der Waals surface area contributed by atoms with E-state index in [1.165, 1.54) is 12.1 Å². The van der Waals surface area contributed by atoms with Crippen LogP contribution >= 0.6 is 15.9 Å². The molecule has 5 nitrogen and oxygen atoms in total. The van der Waals surface area contributed by atoms with Crippen molar-refractivity contribution in [2.24, 2.45) is 0 Å². The average Bonchev–Trinajstić information content (AvgIpc) is 2.84. The lowest BCUT2D eigenvalue weighted by atomic mass is 10.1. The van der Waals surface area contributed by atoms with Crippen molar-refractivity contribution < 1.29 is 13.2 Å². The molecular formula is C16H14BrF3N4O. The number of H-pyrrole nitrogens is 1. The lowest BCUT2D eigenvalue weighted by Crippen LogP contribution is -2.14. The fourth-order valence-electron chi connectivity index (χ4n) is 2.68. The quantitative estimate of drug-likeness (QED) is 0.703. The molecule has 3 aromatic rings. The van der Waals surface area contributed by atoms with Gasteiger partial charge in [0, 0.05) is 0 Å². The van der Waals surface area contributed by atoms with E-state index >= 15 is 0 Å². The SMILES string of the molecule is Cc1nc2c(c(Br)nn2C(C)Cc2ccc(C(F)(F)F)cc2)c(=O)[nH]1. The average molecular weight is 415 g/mol. The molecule has 25 heavy (non-hydrogen) atoms. The van der Waals surface area contributed by atoms with Crippen molar-refractivity contribution in [3.8, 4) is 0 Å². The molecule has 0 spiro atoms. The molecule has 3 rings (SSSR count). The van der Waals surface area contributed by atoms with Gasteiger partial charge in [-0.15, -0.1) is 0 Å². The normalized spacial score (nSPS) is 13.4. The molecule has 0 bridgehead atoms. The number of rotatable bonds is 3. The van der Waals surface area contributed by atoms with Crippen molar-refractivity contribution in [2.75, 3.05) is 0 Å². The van der Waals surface area contributed by atoms with Gasteiger partial charge in [-0.25, -0.2) is 9.67 Å². The summed E-state index contributed by atoms with van der Waals surface area (Å²) in [6.07, 6.45) is -3.90. The third-order valence-electron chi connectivity index (χ3n) is 3.87. The number of aryl methyl sites for hydroxylation is 1. The summed E-state index contributed by atoms with van der Waals surface area (Å²) in [6.45, 7) is 3.54. The second-order valence-electron chi connectivity index (χ2n) is 5.83. The van der Waals surface area contributed by atoms with Crippen LogP contribution in [0.2, 0.25) is 0 Å². The molecule has 1 N–H and O–H groups in total. The molecule has 0 fully saturated rings. The molecule has 0 aliphatic carbocycles. The van der Waals surface area contributed by atoms with Crippen LogP contribution in [0.15, 0.2) is 33.7 Å². The number of alkyl halides is 3. The van der Waals surface area contributed by atoms with Crippen LogP contribution in [-0.4, -0.2) is 19.7 Å². The summed E-state index contributed by atoms with van der Waals surface area (Å²) in [5.74, 6) is 0.466. The molecule has 1 aromatic carbocycles. The van der Waals surface area contributed by atoms with Crippen molar-refractivity contribution in [3.63, 3.8) is 0 Å².